The zero-order chi connectivity index (χ0) is 12.0. The smallest absolute Gasteiger partial charge is 0.234 e. The van der Waals surface area contributed by atoms with Crippen LogP contribution < -0.4 is 11.1 Å². The first-order valence-electron chi connectivity index (χ1n) is 4.97. The molecule has 5 heteroatoms. The Hall–Kier alpha value is -1.49. The predicted molar refractivity (Wildman–Crippen MR) is 68.8 cm³/mol. The minimum absolute atomic E-state index is 0.0440. The van der Waals surface area contributed by atoms with Crippen LogP contribution in [-0.2, 0) is 11.2 Å². The molecule has 1 aromatic carbocycles. The zero-order valence-electron chi connectivity index (χ0n) is 9.12. The monoisotopic (exact) mass is 237 g/mol. The highest BCUT2D eigenvalue weighted by molar-refractivity contribution is 8.14. The highest BCUT2D eigenvalue weighted by Crippen LogP contribution is 2.11. The number of nitrogens with two attached hydrogens (primary N) is 1. The SMILES string of the molecule is CCc1cccc(NC(=O)CSC(=N)N)c1. The topological polar surface area (TPSA) is 79.0 Å². The molecular weight excluding hydrogens is 222 g/mol. The Morgan fingerprint density at radius 2 is 2.31 bits per heavy atom. The van der Waals surface area contributed by atoms with E-state index in [1.807, 2.05) is 24.3 Å². The van der Waals surface area contributed by atoms with E-state index in [0.717, 1.165) is 23.9 Å². The number of amides is 1. The summed E-state index contributed by atoms with van der Waals surface area (Å²) >= 11 is 1.02. The highest BCUT2D eigenvalue weighted by Gasteiger charge is 2.03. The number of carbonyl (C=O) groups excluding carboxylic acids is 1. The molecule has 0 aliphatic carbocycles. The van der Waals surface area contributed by atoms with Crippen LogP contribution in [0.25, 0.3) is 0 Å². The molecule has 16 heavy (non-hydrogen) atoms. The minimum atomic E-state index is -0.145. The van der Waals surface area contributed by atoms with Gasteiger partial charge in [-0.1, -0.05) is 30.8 Å². The number of rotatable bonds is 4. The number of anilines is 1. The number of carbonyl (C=O) groups is 1. The normalized spacial score (nSPS) is 9.81. The average molecular weight is 237 g/mol. The molecule has 4 nitrogen and oxygen atoms in total. The number of aryl methyl sites for hydroxylation is 1. The van der Waals surface area contributed by atoms with E-state index in [1.54, 1.807) is 0 Å². The van der Waals surface area contributed by atoms with Crippen molar-refractivity contribution in [1.29, 1.82) is 5.41 Å². The largest absolute Gasteiger partial charge is 0.379 e. The van der Waals surface area contributed by atoms with Gasteiger partial charge in [-0.05, 0) is 24.1 Å². The van der Waals surface area contributed by atoms with Crippen LogP contribution in [0, 0.1) is 5.41 Å². The molecule has 0 atom stereocenters. The molecule has 0 radical (unpaired) electrons. The molecule has 0 aromatic heterocycles. The van der Waals surface area contributed by atoms with Gasteiger partial charge in [0.05, 0.1) is 5.75 Å². The Kier molecular flexibility index (Phi) is 4.85. The molecule has 0 fully saturated rings. The quantitative estimate of drug-likeness (QED) is 0.552. The van der Waals surface area contributed by atoms with Crippen LogP contribution in [0.3, 0.4) is 0 Å². The van der Waals surface area contributed by atoms with Gasteiger partial charge in [0.1, 0.15) is 0 Å². The van der Waals surface area contributed by atoms with Gasteiger partial charge in [-0.2, -0.15) is 0 Å². The summed E-state index contributed by atoms with van der Waals surface area (Å²) in [5.41, 5.74) is 7.11. The van der Waals surface area contributed by atoms with Crippen LogP contribution in [0.2, 0.25) is 0 Å². The highest BCUT2D eigenvalue weighted by atomic mass is 32.2. The fourth-order valence-corrected chi connectivity index (χ4v) is 1.57. The molecule has 0 aliphatic heterocycles. The maximum Gasteiger partial charge on any atom is 0.234 e. The molecule has 0 aliphatic rings. The van der Waals surface area contributed by atoms with E-state index in [4.69, 9.17) is 11.1 Å². The standard InChI is InChI=1S/C11H15N3OS/c1-2-8-4-3-5-9(6-8)14-10(15)7-16-11(12)13/h3-6H,2,7H2,1H3,(H3,12,13)(H,14,15). The number of benzene rings is 1. The summed E-state index contributed by atoms with van der Waals surface area (Å²) in [6, 6.07) is 7.71. The number of thioether (sulfide) groups is 1. The Bertz CT molecular complexity index is 393. The molecule has 0 spiro atoms. The molecule has 0 bridgehead atoms. The molecule has 0 heterocycles. The van der Waals surface area contributed by atoms with Gasteiger partial charge in [0.15, 0.2) is 5.17 Å². The molecule has 0 unspecified atom stereocenters. The van der Waals surface area contributed by atoms with Gasteiger partial charge < -0.3 is 11.1 Å². The van der Waals surface area contributed by atoms with Gasteiger partial charge in [-0.15, -0.1) is 0 Å². The lowest BCUT2D eigenvalue weighted by Gasteiger charge is -2.05. The molecule has 0 saturated heterocycles. The van der Waals surface area contributed by atoms with Crippen LogP contribution in [-0.4, -0.2) is 16.8 Å². The number of hydrogen-bond donors (Lipinski definition) is 3. The summed E-state index contributed by atoms with van der Waals surface area (Å²) in [7, 11) is 0. The van der Waals surface area contributed by atoms with Crippen molar-refractivity contribution in [2.75, 3.05) is 11.1 Å². The van der Waals surface area contributed by atoms with E-state index in [2.05, 4.69) is 12.2 Å². The average Bonchev–Trinajstić information content (AvgIpc) is 2.26. The van der Waals surface area contributed by atoms with Crippen molar-refractivity contribution in [1.82, 2.24) is 0 Å². The van der Waals surface area contributed by atoms with Crippen LogP contribution in [0.15, 0.2) is 24.3 Å². The van der Waals surface area contributed by atoms with Gasteiger partial charge in [-0.25, -0.2) is 0 Å². The summed E-state index contributed by atoms with van der Waals surface area (Å²) in [6.07, 6.45) is 0.936. The first kappa shape index (κ1) is 12.6. The molecular formula is C11H15N3OS. The first-order valence-corrected chi connectivity index (χ1v) is 5.96. The van der Waals surface area contributed by atoms with E-state index in [9.17, 15) is 4.79 Å². The predicted octanol–water partition coefficient (Wildman–Crippen LogP) is 1.81. The molecule has 86 valence electrons. The maximum absolute atomic E-state index is 11.4. The second kappa shape index (κ2) is 6.17. The fraction of sp³-hybridized carbons (Fsp3) is 0.273. The van der Waals surface area contributed by atoms with Gasteiger partial charge in [-0.3, -0.25) is 10.2 Å². The second-order valence-corrected chi connectivity index (χ2v) is 4.27. The summed E-state index contributed by atoms with van der Waals surface area (Å²) in [5, 5.41) is 9.71. The Balaban J connectivity index is 2.52. The lowest BCUT2D eigenvalue weighted by molar-refractivity contribution is -0.113. The van der Waals surface area contributed by atoms with E-state index < -0.39 is 0 Å². The third-order valence-electron chi connectivity index (χ3n) is 1.98. The molecule has 0 saturated carbocycles. The molecule has 4 N–H and O–H groups in total. The first-order chi connectivity index (χ1) is 7.61. The van der Waals surface area contributed by atoms with E-state index >= 15 is 0 Å². The van der Waals surface area contributed by atoms with Crippen molar-refractivity contribution >= 4 is 28.5 Å². The van der Waals surface area contributed by atoms with Gasteiger partial charge in [0.2, 0.25) is 5.91 Å². The molecule has 1 aromatic rings. The summed E-state index contributed by atoms with van der Waals surface area (Å²) < 4.78 is 0. The number of hydrogen-bond acceptors (Lipinski definition) is 3. The van der Waals surface area contributed by atoms with Crippen molar-refractivity contribution < 1.29 is 4.79 Å². The van der Waals surface area contributed by atoms with E-state index in [-0.39, 0.29) is 16.8 Å². The van der Waals surface area contributed by atoms with Crippen molar-refractivity contribution in [3.8, 4) is 0 Å². The van der Waals surface area contributed by atoms with E-state index in [0.29, 0.717) is 0 Å². The lowest BCUT2D eigenvalue weighted by atomic mass is 10.1. The Morgan fingerprint density at radius 3 is 2.94 bits per heavy atom. The molecule has 1 rings (SSSR count). The molecule has 1 amide bonds. The fourth-order valence-electron chi connectivity index (χ4n) is 1.21. The van der Waals surface area contributed by atoms with Crippen molar-refractivity contribution in [3.05, 3.63) is 29.8 Å². The van der Waals surface area contributed by atoms with Gasteiger partial charge >= 0.3 is 0 Å². The summed E-state index contributed by atoms with van der Waals surface area (Å²) in [4.78, 5) is 11.4. The van der Waals surface area contributed by atoms with Gasteiger partial charge in [0, 0.05) is 5.69 Å². The Morgan fingerprint density at radius 1 is 1.56 bits per heavy atom. The third kappa shape index (κ3) is 4.35. The van der Waals surface area contributed by atoms with E-state index in [1.165, 1.54) is 5.56 Å². The maximum atomic E-state index is 11.4. The summed E-state index contributed by atoms with van der Waals surface area (Å²) in [5.74, 6) is 0.0274. The zero-order valence-corrected chi connectivity index (χ0v) is 9.93. The van der Waals surface area contributed by atoms with Crippen LogP contribution in [0.1, 0.15) is 12.5 Å². The van der Waals surface area contributed by atoms with Gasteiger partial charge in [0.25, 0.3) is 0 Å². The third-order valence-corrected chi connectivity index (χ3v) is 2.70. The lowest BCUT2D eigenvalue weighted by Crippen LogP contribution is -2.17. The minimum Gasteiger partial charge on any atom is -0.379 e. The number of amidine groups is 1. The van der Waals surface area contributed by atoms with Crippen molar-refractivity contribution in [2.24, 2.45) is 5.73 Å². The van der Waals surface area contributed by atoms with Crippen molar-refractivity contribution in [2.45, 2.75) is 13.3 Å². The summed E-state index contributed by atoms with van der Waals surface area (Å²) in [6.45, 7) is 2.06. The number of nitrogens with one attached hydrogen (secondary N) is 2. The van der Waals surface area contributed by atoms with Crippen LogP contribution in [0.5, 0.6) is 0 Å². The van der Waals surface area contributed by atoms with Crippen LogP contribution in [0.4, 0.5) is 5.69 Å². The Labute approximate surface area is 99.1 Å². The second-order valence-electron chi connectivity index (χ2n) is 3.26. The van der Waals surface area contributed by atoms with Crippen molar-refractivity contribution in [3.63, 3.8) is 0 Å². The van der Waals surface area contributed by atoms with Crippen LogP contribution >= 0.6 is 11.8 Å².